The smallest absolute Gasteiger partial charge is 0.307 e. The molecule has 2 unspecified atom stereocenters. The van der Waals surface area contributed by atoms with E-state index in [4.69, 9.17) is 4.74 Å². The Morgan fingerprint density at radius 2 is 2.00 bits per heavy atom. The normalized spacial score (nSPS) is 28.2. The third-order valence-electron chi connectivity index (χ3n) is 4.37. The first-order valence-electron chi connectivity index (χ1n) is 7.76. The van der Waals surface area contributed by atoms with Gasteiger partial charge in [-0.05, 0) is 37.6 Å². The van der Waals surface area contributed by atoms with Crippen LogP contribution in [0.3, 0.4) is 0 Å². The van der Waals surface area contributed by atoms with Gasteiger partial charge in [0.15, 0.2) is 0 Å². The second-order valence-corrected chi connectivity index (χ2v) is 6.83. The highest BCUT2D eigenvalue weighted by atomic mass is 16.5. The summed E-state index contributed by atoms with van der Waals surface area (Å²) in [5, 5.41) is 3.64. The van der Waals surface area contributed by atoms with Gasteiger partial charge < -0.3 is 10.1 Å². The van der Waals surface area contributed by atoms with Gasteiger partial charge in [-0.15, -0.1) is 0 Å². The molecule has 0 aliphatic heterocycles. The van der Waals surface area contributed by atoms with E-state index in [1.54, 1.807) is 0 Å². The molecule has 0 spiro atoms. The lowest BCUT2D eigenvalue weighted by Crippen LogP contribution is -2.58. The molecule has 1 fully saturated rings. The van der Waals surface area contributed by atoms with Crippen LogP contribution in [0.2, 0.25) is 0 Å². The van der Waals surface area contributed by atoms with Crippen molar-refractivity contribution in [2.75, 3.05) is 13.2 Å². The van der Waals surface area contributed by atoms with Gasteiger partial charge in [0.05, 0.1) is 13.0 Å². The molecular weight excluding hydrogens is 238 g/mol. The molecule has 0 bridgehead atoms. The predicted molar refractivity (Wildman–Crippen MR) is 79.1 cm³/mol. The highest BCUT2D eigenvalue weighted by Gasteiger charge is 2.46. The van der Waals surface area contributed by atoms with Crippen molar-refractivity contribution in [3.8, 4) is 0 Å². The number of carbonyl (C=O) groups is 1. The minimum Gasteiger partial charge on any atom is -0.466 e. The third kappa shape index (κ3) is 4.20. The molecule has 1 aliphatic carbocycles. The van der Waals surface area contributed by atoms with E-state index in [1.165, 1.54) is 19.3 Å². The molecule has 1 rings (SSSR count). The second kappa shape index (κ2) is 6.74. The van der Waals surface area contributed by atoms with Gasteiger partial charge in [0, 0.05) is 5.54 Å². The fraction of sp³-hybridized carbons (Fsp3) is 0.938. The van der Waals surface area contributed by atoms with E-state index >= 15 is 0 Å². The summed E-state index contributed by atoms with van der Waals surface area (Å²) in [5.41, 5.74) is 0.145. The second-order valence-electron chi connectivity index (χ2n) is 6.83. The van der Waals surface area contributed by atoms with Crippen LogP contribution in [0.25, 0.3) is 0 Å². The van der Waals surface area contributed by atoms with Crippen LogP contribution in [0.1, 0.15) is 66.7 Å². The van der Waals surface area contributed by atoms with Crippen LogP contribution >= 0.6 is 0 Å². The van der Waals surface area contributed by atoms with E-state index < -0.39 is 0 Å². The largest absolute Gasteiger partial charge is 0.466 e. The van der Waals surface area contributed by atoms with Crippen molar-refractivity contribution >= 4 is 5.97 Å². The Kier molecular flexibility index (Phi) is 5.84. The van der Waals surface area contributed by atoms with Gasteiger partial charge in [-0.1, -0.05) is 40.5 Å². The zero-order valence-corrected chi connectivity index (χ0v) is 13.3. The summed E-state index contributed by atoms with van der Waals surface area (Å²) in [6.45, 7) is 12.3. The first-order chi connectivity index (χ1) is 8.85. The standard InChI is InChI=1S/C16H31NO2/c1-6-17-16(12-14(18)19-7-2)11-9-8-10-13(16)15(3,4)5/h13,17H,6-12H2,1-5H3. The Bertz CT molecular complexity index is 292. The number of nitrogens with one attached hydrogen (secondary N) is 1. The zero-order chi connectivity index (χ0) is 14.5. The van der Waals surface area contributed by atoms with Crippen molar-refractivity contribution in [2.45, 2.75) is 72.3 Å². The van der Waals surface area contributed by atoms with Gasteiger partial charge in [0.1, 0.15) is 0 Å². The summed E-state index contributed by atoms with van der Waals surface area (Å²) in [6.07, 6.45) is 5.28. The number of hydrogen-bond donors (Lipinski definition) is 1. The van der Waals surface area contributed by atoms with E-state index in [0.29, 0.717) is 18.9 Å². The first kappa shape index (κ1) is 16.5. The molecule has 0 aromatic rings. The van der Waals surface area contributed by atoms with Gasteiger partial charge in [0.2, 0.25) is 0 Å². The van der Waals surface area contributed by atoms with Gasteiger partial charge in [-0.3, -0.25) is 4.79 Å². The number of ether oxygens (including phenoxy) is 1. The predicted octanol–water partition coefficient (Wildman–Crippen LogP) is 3.52. The lowest BCUT2D eigenvalue weighted by Gasteiger charge is -2.50. The molecule has 3 nitrogen and oxygen atoms in total. The molecule has 0 aromatic carbocycles. The van der Waals surface area contributed by atoms with Crippen LogP contribution in [0.4, 0.5) is 0 Å². The Balaban J connectivity index is 2.94. The van der Waals surface area contributed by atoms with Crippen molar-refractivity contribution < 1.29 is 9.53 Å². The lowest BCUT2D eigenvalue weighted by atomic mass is 9.61. The van der Waals surface area contributed by atoms with Gasteiger partial charge in [0.25, 0.3) is 0 Å². The number of carbonyl (C=O) groups excluding carboxylic acids is 1. The van der Waals surface area contributed by atoms with Gasteiger partial charge in [-0.25, -0.2) is 0 Å². The number of esters is 1. The summed E-state index contributed by atoms with van der Waals surface area (Å²) in [7, 11) is 0. The minimum absolute atomic E-state index is 0.0559. The summed E-state index contributed by atoms with van der Waals surface area (Å²) < 4.78 is 5.20. The van der Waals surface area contributed by atoms with E-state index in [2.05, 4.69) is 33.0 Å². The Labute approximate surface area is 118 Å². The molecule has 112 valence electrons. The molecule has 0 amide bonds. The minimum atomic E-state index is -0.0719. The lowest BCUT2D eigenvalue weighted by molar-refractivity contribution is -0.146. The molecule has 1 saturated carbocycles. The summed E-state index contributed by atoms with van der Waals surface area (Å²) in [5.74, 6) is 0.470. The molecular formula is C16H31NO2. The maximum atomic E-state index is 12.0. The van der Waals surface area contributed by atoms with Crippen LogP contribution < -0.4 is 5.32 Å². The highest BCUT2D eigenvalue weighted by Crippen LogP contribution is 2.46. The maximum absolute atomic E-state index is 12.0. The number of hydrogen-bond acceptors (Lipinski definition) is 3. The monoisotopic (exact) mass is 269 g/mol. The average molecular weight is 269 g/mol. The quantitative estimate of drug-likeness (QED) is 0.776. The SMILES string of the molecule is CCNC1(CC(=O)OCC)CCCCC1C(C)(C)C. The first-order valence-corrected chi connectivity index (χ1v) is 7.76. The molecule has 0 heterocycles. The van der Waals surface area contributed by atoms with E-state index in [0.717, 1.165) is 13.0 Å². The number of rotatable bonds is 5. The van der Waals surface area contributed by atoms with Crippen molar-refractivity contribution in [3.63, 3.8) is 0 Å². The molecule has 0 saturated heterocycles. The molecule has 19 heavy (non-hydrogen) atoms. The molecule has 0 radical (unpaired) electrons. The van der Waals surface area contributed by atoms with Crippen molar-refractivity contribution in [3.05, 3.63) is 0 Å². The summed E-state index contributed by atoms with van der Waals surface area (Å²) in [6, 6.07) is 0. The van der Waals surface area contributed by atoms with Crippen LogP contribution in [0.5, 0.6) is 0 Å². The van der Waals surface area contributed by atoms with Crippen LogP contribution in [-0.2, 0) is 9.53 Å². The molecule has 0 aromatic heterocycles. The Morgan fingerprint density at radius 1 is 1.32 bits per heavy atom. The van der Waals surface area contributed by atoms with Crippen LogP contribution in [0.15, 0.2) is 0 Å². The summed E-state index contributed by atoms with van der Waals surface area (Å²) in [4.78, 5) is 12.0. The van der Waals surface area contributed by atoms with Crippen LogP contribution in [-0.4, -0.2) is 24.7 Å². The Morgan fingerprint density at radius 3 is 2.53 bits per heavy atom. The average Bonchev–Trinajstić information content (AvgIpc) is 2.28. The molecule has 2 atom stereocenters. The molecule has 1 aliphatic rings. The highest BCUT2D eigenvalue weighted by molar-refractivity contribution is 5.71. The zero-order valence-electron chi connectivity index (χ0n) is 13.3. The fourth-order valence-electron chi connectivity index (χ4n) is 3.81. The Hall–Kier alpha value is -0.570. The third-order valence-corrected chi connectivity index (χ3v) is 4.37. The van der Waals surface area contributed by atoms with E-state index in [9.17, 15) is 4.79 Å². The van der Waals surface area contributed by atoms with E-state index in [1.807, 2.05) is 6.92 Å². The molecule has 3 heteroatoms. The molecule has 1 N–H and O–H groups in total. The summed E-state index contributed by atoms with van der Waals surface area (Å²) >= 11 is 0. The van der Waals surface area contributed by atoms with Crippen LogP contribution in [0, 0.1) is 11.3 Å². The topological polar surface area (TPSA) is 38.3 Å². The van der Waals surface area contributed by atoms with Crippen molar-refractivity contribution in [1.82, 2.24) is 5.32 Å². The van der Waals surface area contributed by atoms with Crippen molar-refractivity contribution in [1.29, 1.82) is 0 Å². The van der Waals surface area contributed by atoms with Gasteiger partial charge in [-0.2, -0.15) is 0 Å². The van der Waals surface area contributed by atoms with Gasteiger partial charge >= 0.3 is 5.97 Å². The van der Waals surface area contributed by atoms with E-state index in [-0.39, 0.29) is 16.9 Å². The maximum Gasteiger partial charge on any atom is 0.307 e. The fourth-order valence-corrected chi connectivity index (χ4v) is 3.81. The van der Waals surface area contributed by atoms with Crippen molar-refractivity contribution in [2.24, 2.45) is 11.3 Å².